The normalized spacial score (nSPS) is 11.8. The van der Waals surface area contributed by atoms with Gasteiger partial charge in [0.05, 0.1) is 44.8 Å². The Balaban J connectivity index is 1.13. The van der Waals surface area contributed by atoms with Gasteiger partial charge in [-0.3, -0.25) is 0 Å². The number of benzene rings is 5. The largest absolute Gasteiger partial charge is 0.372 e. The van der Waals surface area contributed by atoms with Gasteiger partial charge in [0.2, 0.25) is 0 Å². The lowest BCUT2D eigenvalue weighted by Gasteiger charge is -2.10. The summed E-state index contributed by atoms with van der Waals surface area (Å²) in [5.74, 6) is 0. The highest BCUT2D eigenvalue weighted by Gasteiger charge is 2.12. The minimum Gasteiger partial charge on any atom is -0.372 e. The monoisotopic (exact) mass is 634 g/mol. The molecule has 0 saturated heterocycles. The first-order valence-corrected chi connectivity index (χ1v) is 16.7. The number of pyridine rings is 4. The molecule has 0 spiro atoms. The van der Waals surface area contributed by atoms with Crippen LogP contribution in [0, 0.1) is 0 Å². The number of aromatic nitrogens is 4. The lowest BCUT2D eigenvalue weighted by atomic mass is 10.0. The fourth-order valence-corrected chi connectivity index (χ4v) is 6.66. The topological polar surface area (TPSA) is 71.8 Å². The summed E-state index contributed by atoms with van der Waals surface area (Å²) in [4.78, 5) is 30.0. The van der Waals surface area contributed by atoms with E-state index in [4.69, 9.17) is 19.9 Å². The van der Waals surface area contributed by atoms with Crippen molar-refractivity contribution in [2.45, 2.75) is 0 Å². The third-order valence-electron chi connectivity index (χ3n) is 8.87. The molecule has 0 amide bonds. The van der Waals surface area contributed by atoms with Crippen LogP contribution in [-0.2, 0) is 0 Å². The number of hydrogen-bond acceptors (Lipinski definition) is 5. The van der Waals surface area contributed by atoms with Crippen LogP contribution in [0.15, 0.2) is 152 Å². The summed E-state index contributed by atoms with van der Waals surface area (Å²) in [6, 6.07) is 51.7. The standard InChI is InChI=1S/C42H27N4OP/c47-48-34-19-13-27(14-20-34)36-22-16-29-10-12-31-18-24-38(46-42(31)40(29)44-36)33-8-4-7-32(25-33)37-23-17-30-11-9-28-15-21-35(26-5-2-1-3-6-26)43-39(28)41(30)45-37/h1-25,47-48H. The molecule has 0 aliphatic rings. The molecule has 0 fully saturated rings. The first-order chi connectivity index (χ1) is 23.7. The average molecular weight is 635 g/mol. The lowest BCUT2D eigenvalue weighted by molar-refractivity contribution is 0.655. The molecule has 1 N–H and O–H groups in total. The Kier molecular flexibility index (Phi) is 6.93. The van der Waals surface area contributed by atoms with Gasteiger partial charge in [0.15, 0.2) is 0 Å². The summed E-state index contributed by atoms with van der Waals surface area (Å²) in [5.41, 5.74) is 11.2. The van der Waals surface area contributed by atoms with Crippen molar-refractivity contribution in [2.75, 3.05) is 0 Å². The Hall–Kier alpha value is -5.87. The van der Waals surface area contributed by atoms with Crippen LogP contribution in [0.5, 0.6) is 0 Å². The first kappa shape index (κ1) is 28.4. The third-order valence-corrected chi connectivity index (χ3v) is 9.46. The summed E-state index contributed by atoms with van der Waals surface area (Å²) in [6.45, 7) is 0. The van der Waals surface area contributed by atoms with Crippen LogP contribution in [0.1, 0.15) is 0 Å². The molecule has 9 aromatic rings. The maximum Gasteiger partial charge on any atom is 0.0972 e. The SMILES string of the molecule is OPc1ccc(-c2ccc3ccc4ccc(-c5cccc(-c6ccc7ccc8ccc(-c9ccccc9)nc8c7n6)c5)nc4c3n2)cc1. The smallest absolute Gasteiger partial charge is 0.0972 e. The Morgan fingerprint density at radius 2 is 0.688 bits per heavy atom. The molecule has 1 atom stereocenters. The van der Waals surface area contributed by atoms with Crippen molar-refractivity contribution in [1.82, 2.24) is 19.9 Å². The van der Waals surface area contributed by atoms with E-state index in [9.17, 15) is 4.89 Å². The zero-order valence-electron chi connectivity index (χ0n) is 25.7. The van der Waals surface area contributed by atoms with Gasteiger partial charge in [-0.05, 0) is 35.6 Å². The second-order valence-electron chi connectivity index (χ2n) is 11.8. The van der Waals surface area contributed by atoms with Crippen molar-refractivity contribution in [3.05, 3.63) is 152 Å². The third kappa shape index (κ3) is 5.07. The molecule has 1 unspecified atom stereocenters. The molecule has 226 valence electrons. The molecular formula is C42H27N4OP. The van der Waals surface area contributed by atoms with E-state index in [0.29, 0.717) is 0 Å². The molecule has 4 aromatic heterocycles. The number of rotatable bonds is 5. The molecule has 4 heterocycles. The molecule has 48 heavy (non-hydrogen) atoms. The zero-order chi connectivity index (χ0) is 32.0. The van der Waals surface area contributed by atoms with Crippen LogP contribution in [0.3, 0.4) is 0 Å². The fraction of sp³-hybridized carbons (Fsp3) is 0. The van der Waals surface area contributed by atoms with Crippen molar-refractivity contribution in [3.63, 3.8) is 0 Å². The van der Waals surface area contributed by atoms with E-state index in [0.717, 1.165) is 93.9 Å². The summed E-state index contributed by atoms with van der Waals surface area (Å²) >= 11 is 0. The quantitative estimate of drug-likeness (QED) is 0.151. The zero-order valence-corrected chi connectivity index (χ0v) is 26.7. The van der Waals surface area contributed by atoms with Crippen LogP contribution < -0.4 is 5.30 Å². The van der Waals surface area contributed by atoms with E-state index < -0.39 is 0 Å². The van der Waals surface area contributed by atoms with Gasteiger partial charge in [-0.1, -0.05) is 121 Å². The molecular weight excluding hydrogens is 607 g/mol. The molecule has 0 aliphatic carbocycles. The Bertz CT molecular complexity index is 2660. The van der Waals surface area contributed by atoms with E-state index in [1.165, 1.54) is 0 Å². The van der Waals surface area contributed by atoms with Crippen molar-refractivity contribution in [3.8, 4) is 45.0 Å². The highest BCUT2D eigenvalue weighted by Crippen LogP contribution is 2.32. The van der Waals surface area contributed by atoms with Gasteiger partial charge in [0.1, 0.15) is 0 Å². The number of nitrogens with zero attached hydrogens (tertiary/aromatic N) is 4. The van der Waals surface area contributed by atoms with Crippen LogP contribution in [-0.4, -0.2) is 24.8 Å². The molecule has 0 saturated carbocycles. The molecule has 5 aromatic carbocycles. The van der Waals surface area contributed by atoms with Gasteiger partial charge >= 0.3 is 0 Å². The summed E-state index contributed by atoms with van der Waals surface area (Å²) in [7, 11) is -0.222. The maximum atomic E-state index is 9.48. The molecule has 0 bridgehead atoms. The fourth-order valence-electron chi connectivity index (χ4n) is 6.34. The van der Waals surface area contributed by atoms with E-state index >= 15 is 0 Å². The average Bonchev–Trinajstić information content (AvgIpc) is 3.17. The lowest BCUT2D eigenvalue weighted by Crippen LogP contribution is -1.94. The minimum absolute atomic E-state index is 0.222. The molecule has 0 aliphatic heterocycles. The van der Waals surface area contributed by atoms with E-state index in [-0.39, 0.29) is 8.81 Å². The Morgan fingerprint density at radius 3 is 1.10 bits per heavy atom. The van der Waals surface area contributed by atoms with Gasteiger partial charge in [0, 0.05) is 52.6 Å². The molecule has 6 heteroatoms. The van der Waals surface area contributed by atoms with Crippen LogP contribution >= 0.6 is 8.81 Å². The minimum atomic E-state index is -0.222. The van der Waals surface area contributed by atoms with Crippen LogP contribution in [0.4, 0.5) is 0 Å². The summed E-state index contributed by atoms with van der Waals surface area (Å²) in [6.07, 6.45) is 0. The van der Waals surface area contributed by atoms with Gasteiger partial charge < -0.3 is 4.89 Å². The van der Waals surface area contributed by atoms with Gasteiger partial charge in [0.25, 0.3) is 0 Å². The van der Waals surface area contributed by atoms with Gasteiger partial charge in [-0.2, -0.15) is 0 Å². The van der Waals surface area contributed by atoms with E-state index in [1.807, 2.05) is 48.5 Å². The molecule has 0 radical (unpaired) electrons. The van der Waals surface area contributed by atoms with Crippen molar-refractivity contribution < 1.29 is 4.89 Å². The Morgan fingerprint density at radius 1 is 0.333 bits per heavy atom. The van der Waals surface area contributed by atoms with Crippen LogP contribution in [0.25, 0.3) is 88.6 Å². The van der Waals surface area contributed by atoms with Crippen molar-refractivity contribution in [2.24, 2.45) is 0 Å². The second-order valence-corrected chi connectivity index (χ2v) is 12.6. The van der Waals surface area contributed by atoms with Gasteiger partial charge in [-0.15, -0.1) is 0 Å². The summed E-state index contributed by atoms with van der Waals surface area (Å²) in [5, 5.41) is 5.09. The van der Waals surface area contributed by atoms with E-state index in [1.54, 1.807) is 0 Å². The maximum absolute atomic E-state index is 9.48. The van der Waals surface area contributed by atoms with Crippen LogP contribution in [0.2, 0.25) is 0 Å². The highest BCUT2D eigenvalue weighted by molar-refractivity contribution is 7.40. The van der Waals surface area contributed by atoms with E-state index in [2.05, 4.69) is 103 Å². The predicted molar refractivity (Wildman–Crippen MR) is 200 cm³/mol. The summed E-state index contributed by atoms with van der Waals surface area (Å²) < 4.78 is 0. The highest BCUT2D eigenvalue weighted by atomic mass is 31.1. The van der Waals surface area contributed by atoms with Crippen molar-refractivity contribution in [1.29, 1.82) is 0 Å². The number of fused-ring (bicyclic) bond motifs is 6. The molecule has 9 rings (SSSR count). The predicted octanol–water partition coefficient (Wildman–Crippen LogP) is 9.76. The van der Waals surface area contributed by atoms with Crippen molar-refractivity contribution >= 4 is 57.7 Å². The first-order valence-electron chi connectivity index (χ1n) is 15.8. The second kappa shape index (κ2) is 11.7. The number of hydrogen-bond donors (Lipinski definition) is 1. The van der Waals surface area contributed by atoms with Gasteiger partial charge in [-0.25, -0.2) is 19.9 Å². The molecule has 5 nitrogen and oxygen atoms in total. The Labute approximate surface area is 278 Å².